The maximum absolute atomic E-state index is 10.7. The third-order valence-corrected chi connectivity index (χ3v) is 3.42. The highest BCUT2D eigenvalue weighted by Crippen LogP contribution is 2.42. The lowest BCUT2D eigenvalue weighted by atomic mass is 10.1. The lowest BCUT2D eigenvalue weighted by Gasteiger charge is -2.00. The van der Waals surface area contributed by atoms with Gasteiger partial charge in [-0.05, 0) is 18.1 Å². The highest BCUT2D eigenvalue weighted by atomic mass is 35.5. The molecule has 2 rings (SSSR count). The van der Waals surface area contributed by atoms with Crippen molar-refractivity contribution in [1.29, 1.82) is 0 Å². The van der Waals surface area contributed by atoms with Gasteiger partial charge in [0.15, 0.2) is 0 Å². The molecule has 0 aliphatic carbocycles. The Morgan fingerprint density at radius 1 is 1.54 bits per heavy atom. The molecule has 0 aromatic heterocycles. The smallest absolute Gasteiger partial charge is 0.258 e. The van der Waals surface area contributed by atoms with Crippen molar-refractivity contribution in [3.05, 3.63) is 32.8 Å². The van der Waals surface area contributed by atoms with Crippen molar-refractivity contribution in [3.63, 3.8) is 0 Å². The van der Waals surface area contributed by atoms with Crippen molar-refractivity contribution in [2.24, 2.45) is 0 Å². The van der Waals surface area contributed by atoms with Crippen molar-refractivity contribution in [2.45, 2.75) is 11.3 Å². The molecule has 0 saturated heterocycles. The van der Waals surface area contributed by atoms with Crippen LogP contribution in [0, 0.1) is 10.1 Å². The van der Waals surface area contributed by atoms with E-state index in [1.165, 1.54) is 11.8 Å². The summed E-state index contributed by atoms with van der Waals surface area (Å²) in [7, 11) is 0. The van der Waals surface area contributed by atoms with E-state index < -0.39 is 4.92 Å². The monoisotopic (exact) mass is 215 g/mol. The van der Waals surface area contributed by atoms with Crippen LogP contribution in [0.3, 0.4) is 0 Å². The molecule has 1 aliphatic heterocycles. The Morgan fingerprint density at radius 2 is 2.31 bits per heavy atom. The molecule has 1 heterocycles. The summed E-state index contributed by atoms with van der Waals surface area (Å²) < 4.78 is 0. The molecule has 0 amide bonds. The van der Waals surface area contributed by atoms with Gasteiger partial charge in [-0.1, -0.05) is 17.7 Å². The Balaban J connectivity index is 2.65. The Kier molecular flexibility index (Phi) is 2.17. The zero-order valence-corrected chi connectivity index (χ0v) is 8.19. The fourth-order valence-electron chi connectivity index (χ4n) is 1.38. The van der Waals surface area contributed by atoms with Gasteiger partial charge in [-0.2, -0.15) is 0 Å². The molecule has 0 saturated carbocycles. The van der Waals surface area contributed by atoms with Crippen LogP contribution in [0.4, 0.5) is 5.69 Å². The molecule has 0 radical (unpaired) electrons. The lowest BCUT2D eigenvalue weighted by molar-refractivity contribution is -0.387. The second-order valence-electron chi connectivity index (χ2n) is 2.74. The maximum atomic E-state index is 10.7. The Labute approximate surface area is 84.2 Å². The topological polar surface area (TPSA) is 43.1 Å². The van der Waals surface area contributed by atoms with E-state index in [0.29, 0.717) is 0 Å². The number of nitro benzene ring substituents is 1. The minimum atomic E-state index is -0.403. The van der Waals surface area contributed by atoms with Crippen LogP contribution in [0.15, 0.2) is 17.0 Å². The number of hydrogen-bond acceptors (Lipinski definition) is 3. The number of nitro groups is 1. The summed E-state index contributed by atoms with van der Waals surface area (Å²) in [6, 6.07) is 3.47. The molecule has 5 heteroatoms. The van der Waals surface area contributed by atoms with Crippen LogP contribution in [0.1, 0.15) is 5.56 Å². The molecule has 0 N–H and O–H groups in total. The zero-order chi connectivity index (χ0) is 9.42. The molecule has 3 nitrogen and oxygen atoms in total. The summed E-state index contributed by atoms with van der Waals surface area (Å²) in [6.07, 6.45) is 0.901. The zero-order valence-electron chi connectivity index (χ0n) is 6.62. The molecule has 1 aromatic carbocycles. The van der Waals surface area contributed by atoms with Crippen molar-refractivity contribution in [1.82, 2.24) is 0 Å². The van der Waals surface area contributed by atoms with E-state index in [4.69, 9.17) is 11.6 Å². The SMILES string of the molecule is O=[N+]([O-])c1c(Cl)ccc2c1SCC2. The van der Waals surface area contributed by atoms with E-state index in [-0.39, 0.29) is 10.7 Å². The number of aryl methyl sites for hydroxylation is 1. The maximum Gasteiger partial charge on any atom is 0.301 e. The van der Waals surface area contributed by atoms with Crippen LogP contribution < -0.4 is 0 Å². The molecular weight excluding hydrogens is 210 g/mol. The number of rotatable bonds is 1. The average molecular weight is 216 g/mol. The number of benzene rings is 1. The van der Waals surface area contributed by atoms with Crippen LogP contribution in [-0.4, -0.2) is 10.7 Å². The van der Waals surface area contributed by atoms with E-state index in [0.717, 1.165) is 22.6 Å². The van der Waals surface area contributed by atoms with Gasteiger partial charge in [0.2, 0.25) is 0 Å². The summed E-state index contributed by atoms with van der Waals surface area (Å²) in [5.74, 6) is 0.913. The second kappa shape index (κ2) is 3.20. The van der Waals surface area contributed by atoms with Crippen molar-refractivity contribution in [3.8, 4) is 0 Å². The van der Waals surface area contributed by atoms with Crippen molar-refractivity contribution in [2.75, 3.05) is 5.75 Å². The molecule has 0 fully saturated rings. The first-order valence-electron chi connectivity index (χ1n) is 3.78. The highest BCUT2D eigenvalue weighted by Gasteiger charge is 2.25. The molecule has 0 bridgehead atoms. The van der Waals surface area contributed by atoms with E-state index in [9.17, 15) is 10.1 Å². The van der Waals surface area contributed by atoms with E-state index in [2.05, 4.69) is 0 Å². The predicted octanol–water partition coefficient (Wildman–Crippen LogP) is 2.90. The van der Waals surface area contributed by atoms with E-state index >= 15 is 0 Å². The minimum Gasteiger partial charge on any atom is -0.258 e. The van der Waals surface area contributed by atoms with Gasteiger partial charge in [0.05, 0.1) is 9.82 Å². The third kappa shape index (κ3) is 1.40. The molecular formula is C8H6ClNO2S. The first-order chi connectivity index (χ1) is 6.20. The number of halogens is 1. The number of fused-ring (bicyclic) bond motifs is 1. The highest BCUT2D eigenvalue weighted by molar-refractivity contribution is 7.99. The fourth-order valence-corrected chi connectivity index (χ4v) is 2.87. The molecule has 1 aromatic rings. The van der Waals surface area contributed by atoms with Gasteiger partial charge in [0.25, 0.3) is 0 Å². The lowest BCUT2D eigenvalue weighted by Crippen LogP contribution is -1.92. The van der Waals surface area contributed by atoms with Gasteiger partial charge >= 0.3 is 5.69 Å². The summed E-state index contributed by atoms with van der Waals surface area (Å²) in [5, 5.41) is 10.9. The largest absolute Gasteiger partial charge is 0.301 e. The first-order valence-corrected chi connectivity index (χ1v) is 5.15. The molecule has 0 spiro atoms. The standard InChI is InChI=1S/C8H6ClNO2S/c9-6-2-1-5-3-4-13-8(5)7(6)10(11)12/h1-2H,3-4H2. The summed E-state index contributed by atoms with van der Waals surface area (Å²) >= 11 is 7.26. The fraction of sp³-hybridized carbons (Fsp3) is 0.250. The quantitative estimate of drug-likeness (QED) is 0.535. The van der Waals surface area contributed by atoms with Gasteiger partial charge in [-0.15, -0.1) is 11.8 Å². The first kappa shape index (κ1) is 8.84. The molecule has 13 heavy (non-hydrogen) atoms. The Bertz CT molecular complexity index is 381. The Hall–Kier alpha value is -0.740. The number of thioether (sulfide) groups is 1. The van der Waals surface area contributed by atoms with Gasteiger partial charge in [-0.3, -0.25) is 10.1 Å². The van der Waals surface area contributed by atoms with Crippen molar-refractivity contribution < 1.29 is 4.92 Å². The van der Waals surface area contributed by atoms with Crippen LogP contribution >= 0.6 is 23.4 Å². The van der Waals surface area contributed by atoms with Gasteiger partial charge < -0.3 is 0 Å². The minimum absolute atomic E-state index is 0.0710. The summed E-state index contributed by atoms with van der Waals surface area (Å²) in [6.45, 7) is 0. The third-order valence-electron chi connectivity index (χ3n) is 1.96. The normalized spacial score (nSPS) is 14.2. The number of nitrogens with zero attached hydrogens (tertiary/aromatic N) is 1. The van der Waals surface area contributed by atoms with Crippen LogP contribution in [0.5, 0.6) is 0 Å². The van der Waals surface area contributed by atoms with E-state index in [1.807, 2.05) is 6.07 Å². The van der Waals surface area contributed by atoms with Crippen LogP contribution in [-0.2, 0) is 6.42 Å². The Morgan fingerprint density at radius 3 is 3.00 bits per heavy atom. The summed E-state index contributed by atoms with van der Waals surface area (Å²) in [4.78, 5) is 11.0. The number of hydrogen-bond donors (Lipinski definition) is 0. The predicted molar refractivity (Wildman–Crippen MR) is 52.5 cm³/mol. The molecule has 0 unspecified atom stereocenters. The van der Waals surface area contributed by atoms with Gasteiger partial charge in [-0.25, -0.2) is 0 Å². The van der Waals surface area contributed by atoms with E-state index in [1.54, 1.807) is 6.07 Å². The van der Waals surface area contributed by atoms with Gasteiger partial charge in [0.1, 0.15) is 5.02 Å². The van der Waals surface area contributed by atoms with Crippen LogP contribution in [0.2, 0.25) is 5.02 Å². The average Bonchev–Trinajstić information content (AvgIpc) is 2.50. The molecule has 68 valence electrons. The van der Waals surface area contributed by atoms with Gasteiger partial charge in [0, 0.05) is 5.75 Å². The van der Waals surface area contributed by atoms with Crippen molar-refractivity contribution >= 4 is 29.1 Å². The second-order valence-corrected chi connectivity index (χ2v) is 4.25. The molecule has 1 aliphatic rings. The summed E-state index contributed by atoms with van der Waals surface area (Å²) in [5.41, 5.74) is 1.11. The molecule has 0 atom stereocenters. The van der Waals surface area contributed by atoms with Crippen LogP contribution in [0.25, 0.3) is 0 Å².